The molecule has 10 nitrogen and oxygen atoms in total. The van der Waals surface area contributed by atoms with Crippen LogP contribution in [0.5, 0.6) is 0 Å². The maximum Gasteiger partial charge on any atom is 1.00 e. The van der Waals surface area contributed by atoms with E-state index >= 15 is 0 Å². The first kappa shape index (κ1) is 22.0. The SMILES string of the molecule is CC(=O)O[C@@H]1[C@@H](O)[C@H](OP(=O)([O-])O)O[C@@H](C)[C@@H]1OC(C)=O.[Na+]. The molecule has 22 heavy (non-hydrogen) atoms. The van der Waals surface area contributed by atoms with Crippen LogP contribution in [0.3, 0.4) is 0 Å². The minimum Gasteiger partial charge on any atom is -0.756 e. The molecule has 0 radical (unpaired) electrons. The third-order valence-electron chi connectivity index (χ3n) is 2.59. The fourth-order valence-electron chi connectivity index (χ4n) is 1.89. The number of carbonyl (C=O) groups is 2. The Balaban J connectivity index is 0.00000441. The molecule has 6 atom stereocenters. The quantitative estimate of drug-likeness (QED) is 0.288. The zero-order chi connectivity index (χ0) is 16.4. The molecule has 0 aromatic heterocycles. The number of rotatable bonds is 4. The summed E-state index contributed by atoms with van der Waals surface area (Å²) in [7, 11) is -5.19. The van der Waals surface area contributed by atoms with Gasteiger partial charge in [-0.2, -0.15) is 0 Å². The van der Waals surface area contributed by atoms with Crippen LogP contribution in [-0.2, 0) is 32.9 Å². The first-order chi connectivity index (χ1) is 9.51. The molecule has 0 saturated carbocycles. The van der Waals surface area contributed by atoms with Crippen LogP contribution in [0.2, 0.25) is 0 Å². The number of ether oxygens (including phenoxy) is 3. The Hall–Kier alpha value is -0.0300. The Morgan fingerprint density at radius 3 is 2.05 bits per heavy atom. The van der Waals surface area contributed by atoms with Crippen LogP contribution in [0.1, 0.15) is 20.8 Å². The monoisotopic (exact) mass is 350 g/mol. The van der Waals surface area contributed by atoms with E-state index < -0.39 is 50.5 Å². The summed E-state index contributed by atoms with van der Waals surface area (Å²) in [5.41, 5.74) is 0. The van der Waals surface area contributed by atoms with Gasteiger partial charge >= 0.3 is 41.5 Å². The topological polar surface area (TPSA) is 152 Å². The normalized spacial score (nSPS) is 34.0. The summed E-state index contributed by atoms with van der Waals surface area (Å²) in [6.45, 7) is 3.55. The molecule has 0 bridgehead atoms. The molecule has 0 aliphatic carbocycles. The van der Waals surface area contributed by atoms with E-state index in [-0.39, 0.29) is 29.6 Å². The van der Waals surface area contributed by atoms with Gasteiger partial charge in [0.1, 0.15) is 6.10 Å². The molecule has 1 aliphatic rings. The van der Waals surface area contributed by atoms with Gasteiger partial charge in [-0.3, -0.25) is 18.7 Å². The second-order valence-corrected chi connectivity index (χ2v) is 5.57. The van der Waals surface area contributed by atoms with E-state index in [2.05, 4.69) is 4.52 Å². The molecule has 0 amide bonds. The van der Waals surface area contributed by atoms with Crippen LogP contribution >= 0.6 is 7.82 Å². The Bertz CT molecular complexity index is 451. The molecule has 1 saturated heterocycles. The van der Waals surface area contributed by atoms with Crippen molar-refractivity contribution >= 4 is 19.8 Å². The number of carbonyl (C=O) groups excluding carboxylic acids is 2. The van der Waals surface area contributed by atoms with Crippen molar-refractivity contribution < 1.29 is 77.3 Å². The smallest absolute Gasteiger partial charge is 0.756 e. The number of aliphatic hydroxyl groups is 1. The van der Waals surface area contributed by atoms with Crippen molar-refractivity contribution in [1.29, 1.82) is 0 Å². The Kier molecular flexibility index (Phi) is 8.71. The molecule has 1 fully saturated rings. The van der Waals surface area contributed by atoms with Crippen molar-refractivity contribution in [2.75, 3.05) is 0 Å². The summed E-state index contributed by atoms with van der Waals surface area (Å²) in [5, 5.41) is 9.95. The van der Waals surface area contributed by atoms with Crippen LogP contribution in [0.25, 0.3) is 0 Å². The van der Waals surface area contributed by atoms with Gasteiger partial charge in [0.25, 0.3) is 7.82 Å². The summed E-state index contributed by atoms with van der Waals surface area (Å²) in [5.74, 6) is -1.51. The predicted octanol–water partition coefficient (Wildman–Crippen LogP) is -4.56. The molecule has 0 aromatic carbocycles. The fourth-order valence-corrected chi connectivity index (χ4v) is 2.32. The predicted molar refractivity (Wildman–Crippen MR) is 62.4 cm³/mol. The van der Waals surface area contributed by atoms with Gasteiger partial charge in [0.05, 0.1) is 6.10 Å². The molecular weight excluding hydrogens is 334 g/mol. The van der Waals surface area contributed by atoms with Crippen molar-refractivity contribution in [1.82, 2.24) is 0 Å². The van der Waals surface area contributed by atoms with Gasteiger partial charge in [-0.05, 0) is 6.92 Å². The summed E-state index contributed by atoms with van der Waals surface area (Å²) < 4.78 is 29.7. The Morgan fingerprint density at radius 1 is 1.18 bits per heavy atom. The van der Waals surface area contributed by atoms with Gasteiger partial charge < -0.3 is 29.1 Å². The second-order valence-electron chi connectivity index (χ2n) is 4.42. The van der Waals surface area contributed by atoms with E-state index in [1.54, 1.807) is 0 Å². The number of hydrogen-bond acceptors (Lipinski definition) is 9. The summed E-state index contributed by atoms with van der Waals surface area (Å²) in [6, 6.07) is 0. The van der Waals surface area contributed by atoms with E-state index in [1.807, 2.05) is 0 Å². The summed E-state index contributed by atoms with van der Waals surface area (Å²) in [6.07, 6.45) is -7.12. The molecular formula is C10H16NaO10P. The van der Waals surface area contributed by atoms with Crippen LogP contribution < -0.4 is 34.5 Å². The molecule has 0 spiro atoms. The Morgan fingerprint density at radius 2 is 1.64 bits per heavy atom. The minimum atomic E-state index is -5.19. The maximum atomic E-state index is 11.1. The first-order valence-electron chi connectivity index (χ1n) is 5.91. The van der Waals surface area contributed by atoms with Crippen LogP contribution in [0.4, 0.5) is 0 Å². The fraction of sp³-hybridized carbons (Fsp3) is 0.800. The summed E-state index contributed by atoms with van der Waals surface area (Å²) in [4.78, 5) is 41.5. The molecule has 1 unspecified atom stereocenters. The van der Waals surface area contributed by atoms with E-state index in [0.29, 0.717) is 0 Å². The second kappa shape index (κ2) is 8.72. The number of esters is 2. The molecule has 12 heteroatoms. The average Bonchev–Trinajstić information content (AvgIpc) is 2.27. The molecule has 1 aliphatic heterocycles. The van der Waals surface area contributed by atoms with Gasteiger partial charge in [0.15, 0.2) is 18.5 Å². The van der Waals surface area contributed by atoms with Gasteiger partial charge in [0, 0.05) is 13.8 Å². The molecule has 0 aromatic rings. The van der Waals surface area contributed by atoms with Crippen LogP contribution in [0, 0.1) is 0 Å². The number of aliphatic hydroxyl groups excluding tert-OH is 1. The Labute approximate surface area is 148 Å². The molecule has 122 valence electrons. The van der Waals surface area contributed by atoms with Gasteiger partial charge in [-0.15, -0.1) is 0 Å². The zero-order valence-electron chi connectivity index (χ0n) is 12.5. The van der Waals surface area contributed by atoms with Crippen molar-refractivity contribution in [3.63, 3.8) is 0 Å². The van der Waals surface area contributed by atoms with E-state index in [9.17, 15) is 24.2 Å². The summed E-state index contributed by atoms with van der Waals surface area (Å²) >= 11 is 0. The number of phosphoric ester groups is 1. The molecule has 2 N–H and O–H groups in total. The molecule has 1 heterocycles. The largest absolute Gasteiger partial charge is 1.00 e. The third-order valence-corrected chi connectivity index (χ3v) is 3.07. The third kappa shape index (κ3) is 6.61. The molecule has 1 rings (SSSR count). The zero-order valence-corrected chi connectivity index (χ0v) is 15.4. The van der Waals surface area contributed by atoms with Gasteiger partial charge in [0.2, 0.25) is 0 Å². The maximum absolute atomic E-state index is 11.1. The van der Waals surface area contributed by atoms with Gasteiger partial charge in [-0.25, -0.2) is 0 Å². The van der Waals surface area contributed by atoms with Crippen molar-refractivity contribution in [2.24, 2.45) is 0 Å². The van der Waals surface area contributed by atoms with Crippen LogP contribution in [-0.4, -0.2) is 52.6 Å². The number of phosphoric acid groups is 1. The van der Waals surface area contributed by atoms with Gasteiger partial charge in [-0.1, -0.05) is 0 Å². The van der Waals surface area contributed by atoms with E-state index in [1.165, 1.54) is 6.92 Å². The van der Waals surface area contributed by atoms with Crippen LogP contribution in [0.15, 0.2) is 0 Å². The standard InChI is InChI=1S/C10H17O10P.Na/c1-4-8(18-5(2)11)9(19-6(3)12)7(13)10(17-4)20-21(14,15)16;/h4,7-10,13H,1-3H3,(H2,14,15,16);/q;+1/p-1/t4-,7+,8-,9+,10-;/m0./s1. The minimum absolute atomic E-state index is 0. The van der Waals surface area contributed by atoms with Crippen molar-refractivity contribution in [3.8, 4) is 0 Å². The van der Waals surface area contributed by atoms with E-state index in [0.717, 1.165) is 13.8 Å². The number of hydrogen-bond donors (Lipinski definition) is 2. The van der Waals surface area contributed by atoms with Crippen molar-refractivity contribution in [3.05, 3.63) is 0 Å². The van der Waals surface area contributed by atoms with Crippen molar-refractivity contribution in [2.45, 2.75) is 51.5 Å². The average molecular weight is 350 g/mol. The van der Waals surface area contributed by atoms with E-state index in [4.69, 9.17) is 19.1 Å². The first-order valence-corrected chi connectivity index (χ1v) is 7.41.